The van der Waals surface area contributed by atoms with Crippen molar-refractivity contribution in [1.82, 2.24) is 49.5 Å². The lowest BCUT2D eigenvalue weighted by Crippen LogP contribution is -2.49. The lowest BCUT2D eigenvalue weighted by molar-refractivity contribution is -0.138. The number of rotatable bonds is 12. The molecule has 2 amide bonds. The number of anilines is 4. The number of ether oxygens (including phenoxy) is 2. The van der Waals surface area contributed by atoms with Crippen molar-refractivity contribution in [3.8, 4) is 34.5 Å². The van der Waals surface area contributed by atoms with Gasteiger partial charge in [-0.25, -0.2) is 9.97 Å². The fraction of sp³-hybridized carbons (Fsp3) is 0.385. The molecule has 0 saturated carbocycles. The number of alkyl halides is 6. The van der Waals surface area contributed by atoms with E-state index in [9.17, 15) is 35.9 Å². The number of nitrogens with two attached hydrogens (primary N) is 2. The molecule has 4 aliphatic heterocycles. The molecule has 4 fully saturated rings. The topological polar surface area (TPSA) is 201 Å². The van der Waals surface area contributed by atoms with Gasteiger partial charge in [-0.2, -0.15) is 46.3 Å². The molecule has 4 saturated heterocycles. The van der Waals surface area contributed by atoms with E-state index < -0.39 is 23.5 Å². The van der Waals surface area contributed by atoms with Gasteiger partial charge < -0.3 is 40.5 Å². The second-order valence-corrected chi connectivity index (χ2v) is 19.9. The van der Waals surface area contributed by atoms with Crippen molar-refractivity contribution in [2.45, 2.75) is 37.3 Å². The van der Waals surface area contributed by atoms with Crippen LogP contribution in [-0.2, 0) is 21.9 Å². The van der Waals surface area contributed by atoms with Gasteiger partial charge >= 0.3 is 24.4 Å². The molecule has 78 heavy (non-hydrogen) atoms. The highest BCUT2D eigenvalue weighted by Crippen LogP contribution is 2.44. The lowest BCUT2D eigenvalue weighted by atomic mass is 10.0. The predicted octanol–water partition coefficient (Wildman–Crippen LogP) is 7.73. The van der Waals surface area contributed by atoms with E-state index in [0.717, 1.165) is 50.2 Å². The highest BCUT2D eigenvalue weighted by atomic mass is 35.5. The zero-order chi connectivity index (χ0) is 55.8. The number of fused-ring (bicyclic) bond motifs is 2. The maximum Gasteiger partial charge on any atom is 0.418 e. The number of aromatic nitrogens is 6. The number of hydrogen-bond acceptors (Lipinski definition) is 16. The van der Waals surface area contributed by atoms with Gasteiger partial charge in [0.2, 0.25) is 11.8 Å². The van der Waals surface area contributed by atoms with Crippen LogP contribution in [0.15, 0.2) is 73.8 Å². The first-order valence-corrected chi connectivity index (χ1v) is 25.5. The summed E-state index contributed by atoms with van der Waals surface area (Å²) in [6.07, 6.45) is -4.82. The van der Waals surface area contributed by atoms with Crippen LogP contribution in [0.25, 0.3) is 44.3 Å². The molecule has 412 valence electrons. The number of nitrogens with zero attached hydrogens (tertiary/aromatic N) is 12. The van der Waals surface area contributed by atoms with Gasteiger partial charge in [0.15, 0.2) is 0 Å². The number of likely N-dealkylation sites (N-methyl/N-ethyl adjacent to an activating group) is 2. The van der Waals surface area contributed by atoms with Crippen molar-refractivity contribution in [2.24, 2.45) is 0 Å². The molecule has 0 spiro atoms. The van der Waals surface area contributed by atoms with Gasteiger partial charge in [-0.3, -0.25) is 19.4 Å². The maximum atomic E-state index is 13.8. The third-order valence-corrected chi connectivity index (χ3v) is 14.9. The van der Waals surface area contributed by atoms with Crippen molar-refractivity contribution in [1.29, 1.82) is 0 Å². The second-order valence-electron chi connectivity index (χ2n) is 19.1. The number of likely N-dealkylation sites (tertiary alicyclic amines) is 2. The minimum atomic E-state index is -4.67. The Morgan fingerprint density at radius 2 is 0.962 bits per heavy atom. The molecule has 0 bridgehead atoms. The zero-order valence-electron chi connectivity index (χ0n) is 42.4. The van der Waals surface area contributed by atoms with Gasteiger partial charge in [0, 0.05) is 86.3 Å². The molecular formula is C52H54Cl2F6N14O4. The molecular weight excluding hydrogens is 1070 g/mol. The van der Waals surface area contributed by atoms with Crippen LogP contribution in [0, 0.1) is 0 Å². The maximum absolute atomic E-state index is 13.8. The molecule has 0 unspecified atom stereocenters. The van der Waals surface area contributed by atoms with E-state index in [1.165, 1.54) is 36.4 Å². The number of benzene rings is 2. The normalized spacial score (nSPS) is 18.2. The van der Waals surface area contributed by atoms with Gasteiger partial charge in [0.1, 0.15) is 36.5 Å². The lowest BCUT2D eigenvalue weighted by Gasteiger charge is -2.37. The Bertz CT molecular complexity index is 3070. The molecule has 8 heterocycles. The number of carbonyl (C=O) groups excluding carboxylic acids is 2. The first-order valence-electron chi connectivity index (χ1n) is 24.8. The number of halogens is 8. The van der Waals surface area contributed by atoms with Gasteiger partial charge in [0.25, 0.3) is 0 Å². The summed E-state index contributed by atoms with van der Waals surface area (Å²) in [7, 11) is 4.00. The molecule has 18 nitrogen and oxygen atoms in total. The van der Waals surface area contributed by atoms with Crippen LogP contribution in [-0.4, -0.2) is 166 Å². The minimum Gasteiger partial charge on any atom is -0.462 e. The van der Waals surface area contributed by atoms with E-state index in [0.29, 0.717) is 99.0 Å². The average molecular weight is 1120 g/mol. The van der Waals surface area contributed by atoms with E-state index in [2.05, 4.69) is 52.9 Å². The third kappa shape index (κ3) is 11.9. The number of hydrogen-bond donors (Lipinski definition) is 2. The Labute approximate surface area is 454 Å². The first-order chi connectivity index (χ1) is 37.1. The van der Waals surface area contributed by atoms with Crippen LogP contribution in [0.5, 0.6) is 12.0 Å². The summed E-state index contributed by atoms with van der Waals surface area (Å²) < 4.78 is 94.9. The Balaban J connectivity index is 0.000000190. The highest BCUT2D eigenvalue weighted by molar-refractivity contribution is 6.35. The monoisotopic (exact) mass is 1120 g/mol. The Morgan fingerprint density at radius 1 is 0.590 bits per heavy atom. The fourth-order valence-corrected chi connectivity index (χ4v) is 9.96. The van der Waals surface area contributed by atoms with Gasteiger partial charge in [-0.1, -0.05) is 36.4 Å². The van der Waals surface area contributed by atoms with E-state index in [-0.39, 0.29) is 80.1 Å². The summed E-state index contributed by atoms with van der Waals surface area (Å²) in [4.78, 5) is 62.1. The molecule has 4 N–H and O–H groups in total. The van der Waals surface area contributed by atoms with Crippen LogP contribution >= 0.6 is 23.2 Å². The summed E-state index contributed by atoms with van der Waals surface area (Å²) in [5.74, 6) is 0.592. The standard InChI is InChI=1S/2C26H27ClF3N7O2/c2*1-3-22(38)36-8-10-37(11-9-36)24-17-12-19(27)16(23-18(26(28,29)30)4-5-21(31)33-23)13-20(17)32-25(34-24)39-14-15-6-7-35(15)2/h2*3-5,12-13,15H,1,6-11,14H2,2H3,(H2,31,33)/t2*15-/m10/s1. The molecule has 4 aromatic heterocycles. The smallest absolute Gasteiger partial charge is 0.418 e. The summed E-state index contributed by atoms with van der Waals surface area (Å²) in [5.41, 5.74) is 9.58. The largest absolute Gasteiger partial charge is 0.462 e. The molecule has 6 aromatic rings. The molecule has 2 aromatic carbocycles. The zero-order valence-corrected chi connectivity index (χ0v) is 43.9. The predicted molar refractivity (Wildman–Crippen MR) is 285 cm³/mol. The molecule has 10 rings (SSSR count). The molecule has 0 radical (unpaired) electrons. The van der Waals surface area contributed by atoms with Crippen molar-refractivity contribution in [3.05, 3.63) is 95.0 Å². The van der Waals surface area contributed by atoms with Crippen LogP contribution < -0.4 is 30.7 Å². The van der Waals surface area contributed by atoms with Gasteiger partial charge in [-0.05, 0) is 101 Å². The average Bonchev–Trinajstić information content (AvgIpc) is 3.46. The fourth-order valence-electron chi connectivity index (χ4n) is 9.45. The number of piperazine rings is 2. The number of pyridine rings is 2. The first kappa shape index (κ1) is 55.5. The molecule has 0 aliphatic carbocycles. The number of nitrogen functional groups attached to an aromatic ring is 2. The molecule has 2 atom stereocenters. The van der Waals surface area contributed by atoms with Crippen LogP contribution in [0.4, 0.5) is 49.6 Å². The molecule has 26 heteroatoms. The summed E-state index contributed by atoms with van der Waals surface area (Å²) in [6.45, 7) is 13.5. The highest BCUT2D eigenvalue weighted by Gasteiger charge is 2.37. The van der Waals surface area contributed by atoms with Crippen LogP contribution in [0.3, 0.4) is 0 Å². The summed E-state index contributed by atoms with van der Waals surface area (Å²) in [6, 6.07) is 10.6. The van der Waals surface area contributed by atoms with E-state index in [1.54, 1.807) is 9.80 Å². The summed E-state index contributed by atoms with van der Waals surface area (Å²) in [5, 5.41) is 1.16. The second kappa shape index (κ2) is 22.6. The summed E-state index contributed by atoms with van der Waals surface area (Å²) >= 11 is 13.1. The van der Waals surface area contributed by atoms with Gasteiger partial charge in [0.05, 0.1) is 43.6 Å². The number of carbonyl (C=O) groups is 2. The molecule has 4 aliphatic rings. The van der Waals surface area contributed by atoms with Crippen LogP contribution in [0.2, 0.25) is 10.0 Å². The van der Waals surface area contributed by atoms with Crippen molar-refractivity contribution < 1.29 is 45.4 Å². The van der Waals surface area contributed by atoms with Crippen molar-refractivity contribution in [2.75, 3.05) is 114 Å². The Kier molecular flexibility index (Phi) is 16.1. The third-order valence-electron chi connectivity index (χ3n) is 14.3. The van der Waals surface area contributed by atoms with E-state index in [4.69, 9.17) is 44.1 Å². The van der Waals surface area contributed by atoms with E-state index >= 15 is 0 Å². The van der Waals surface area contributed by atoms with E-state index in [1.807, 2.05) is 23.9 Å². The van der Waals surface area contributed by atoms with Gasteiger partial charge in [-0.15, -0.1) is 0 Å². The quantitative estimate of drug-likeness (QED) is 0.0890. The Morgan fingerprint density at radius 3 is 1.27 bits per heavy atom. The van der Waals surface area contributed by atoms with Crippen LogP contribution in [0.1, 0.15) is 24.0 Å². The SMILES string of the molecule is C=CC(=O)N1CCN(c2nc(OC[C@@H]3CCN3C)nc3cc(-c4nc(N)ccc4C(F)(F)F)c(Cl)cc23)CC1.C=CC(=O)N1CCN(c2nc(OC[C@H]3CCN3C)nc3cc(-c4nc(N)ccc4C(F)(F)F)c(Cl)cc23)CC1. The van der Waals surface area contributed by atoms with Crippen molar-refractivity contribution >= 4 is 80.1 Å². The van der Waals surface area contributed by atoms with Crippen molar-refractivity contribution in [3.63, 3.8) is 0 Å². The minimum absolute atomic E-state index is 0.0412. The Hall–Kier alpha value is -7.28. The number of amides is 2.